The Balaban J connectivity index is 1.71. The third-order valence-corrected chi connectivity index (χ3v) is 6.93. The Morgan fingerprint density at radius 1 is 1.32 bits per heavy atom. The monoisotopic (exact) mass is 488 g/mol. The second kappa shape index (κ2) is 10.8. The van der Waals surface area contributed by atoms with Crippen molar-refractivity contribution in [2.45, 2.75) is 39.2 Å². The van der Waals surface area contributed by atoms with Gasteiger partial charge in [-0.05, 0) is 44.4 Å². The second-order valence-corrected chi connectivity index (χ2v) is 9.36. The molecule has 0 saturated heterocycles. The van der Waals surface area contributed by atoms with Crippen LogP contribution in [0.5, 0.6) is 5.75 Å². The molecule has 31 heavy (non-hydrogen) atoms. The van der Waals surface area contributed by atoms with Crippen LogP contribution in [-0.2, 0) is 17.6 Å². The van der Waals surface area contributed by atoms with E-state index in [0.717, 1.165) is 25.7 Å². The Kier molecular flexibility index (Phi) is 8.32. The predicted molar refractivity (Wildman–Crippen MR) is 121 cm³/mol. The fourth-order valence-electron chi connectivity index (χ4n) is 3.96. The molecular weight excluding hydrogens is 463 g/mol. The van der Waals surface area contributed by atoms with E-state index in [1.807, 2.05) is 6.92 Å². The summed E-state index contributed by atoms with van der Waals surface area (Å²) in [6.07, 6.45) is 5.17. The van der Waals surface area contributed by atoms with Gasteiger partial charge in [0, 0.05) is 25.4 Å². The number of ether oxygens (including phenoxy) is 1. The molecule has 1 amide bonds. The lowest BCUT2D eigenvalue weighted by molar-refractivity contribution is 0.0936. The van der Waals surface area contributed by atoms with Crippen LogP contribution >= 0.6 is 23.2 Å². The fraction of sp³-hybridized carbons (Fsp3) is 0.550. The van der Waals surface area contributed by atoms with E-state index in [1.54, 1.807) is 16.9 Å². The first kappa shape index (κ1) is 24.0. The van der Waals surface area contributed by atoms with E-state index in [9.17, 15) is 9.00 Å². The van der Waals surface area contributed by atoms with E-state index in [-0.39, 0.29) is 27.7 Å². The summed E-state index contributed by atoms with van der Waals surface area (Å²) in [5.74, 6) is 1.09. The lowest BCUT2D eigenvalue weighted by Crippen LogP contribution is -2.32. The Labute approximate surface area is 193 Å². The van der Waals surface area contributed by atoms with E-state index in [4.69, 9.17) is 32.5 Å². The summed E-state index contributed by atoms with van der Waals surface area (Å²) < 4.78 is 27.1. The minimum Gasteiger partial charge on any atom is -0.496 e. The number of nitrogens with one attached hydrogen (secondary N) is 1. The lowest BCUT2D eigenvalue weighted by atomic mass is 9.83. The molecule has 0 aromatic carbocycles. The maximum atomic E-state index is 12.8. The number of halogens is 2. The van der Waals surface area contributed by atoms with Gasteiger partial charge in [0.25, 0.3) is 5.91 Å². The van der Waals surface area contributed by atoms with Crippen LogP contribution in [-0.4, -0.2) is 48.8 Å². The quantitative estimate of drug-likeness (QED) is 0.428. The van der Waals surface area contributed by atoms with E-state index in [0.29, 0.717) is 41.8 Å². The highest BCUT2D eigenvalue weighted by atomic mass is 35.5. The number of aromatic nitrogens is 3. The number of pyridine rings is 1. The number of nitrogens with zero attached hydrogens (tertiary/aromatic N) is 3. The minimum atomic E-state index is -1.75. The molecule has 11 heteroatoms. The number of aryl methyl sites for hydroxylation is 1. The zero-order valence-electron chi connectivity index (χ0n) is 17.4. The molecule has 2 heterocycles. The first-order valence-corrected chi connectivity index (χ1v) is 12.2. The maximum Gasteiger partial charge on any atom is 0.273 e. The van der Waals surface area contributed by atoms with Crippen LogP contribution in [0.15, 0.2) is 12.3 Å². The van der Waals surface area contributed by atoms with E-state index >= 15 is 0 Å². The van der Waals surface area contributed by atoms with Gasteiger partial charge in [0.1, 0.15) is 10.9 Å². The summed E-state index contributed by atoms with van der Waals surface area (Å²) in [6, 6.07) is 1.59. The molecule has 3 rings (SSSR count). The third kappa shape index (κ3) is 5.77. The molecule has 1 aliphatic carbocycles. The molecule has 0 radical (unpaired) electrons. The molecule has 2 aromatic heterocycles. The molecule has 8 nitrogen and oxygen atoms in total. The van der Waals surface area contributed by atoms with Gasteiger partial charge in [0.15, 0.2) is 16.8 Å². The number of methoxy groups -OCH3 is 1. The SMILES string of the molecule is CCn1nc(C(=O)NCC2CCC(CS(=O)O)CC2)c(Cl)c1-c1cnc(Cl)cc1OC. The van der Waals surface area contributed by atoms with Gasteiger partial charge in [-0.2, -0.15) is 5.10 Å². The number of carbonyl (C=O) groups is 1. The van der Waals surface area contributed by atoms with Crippen LogP contribution in [0.25, 0.3) is 11.3 Å². The standard InChI is InChI=1S/C20H26Cl2N4O4S/c1-3-26-19(14-10-23-16(21)8-15(14)30-2)17(22)18(25-26)20(27)24-9-12-4-6-13(7-5-12)11-31(28)29/h8,10,12-13H,3-7,9,11H2,1-2H3,(H,24,27)(H,28,29). The number of hydrogen-bond donors (Lipinski definition) is 2. The van der Waals surface area contributed by atoms with Gasteiger partial charge >= 0.3 is 0 Å². The van der Waals surface area contributed by atoms with Crippen LogP contribution in [0.1, 0.15) is 43.1 Å². The van der Waals surface area contributed by atoms with Gasteiger partial charge in [-0.15, -0.1) is 0 Å². The van der Waals surface area contributed by atoms with Gasteiger partial charge in [-0.3, -0.25) is 9.48 Å². The summed E-state index contributed by atoms with van der Waals surface area (Å²) in [7, 11) is 1.52. The molecule has 170 valence electrons. The third-order valence-electron chi connectivity index (χ3n) is 5.61. The normalized spacial score (nSPS) is 19.8. The van der Waals surface area contributed by atoms with Crippen LogP contribution in [0, 0.1) is 11.8 Å². The van der Waals surface area contributed by atoms with Crippen molar-refractivity contribution in [1.29, 1.82) is 0 Å². The molecule has 1 unspecified atom stereocenters. The number of hydrogen-bond acceptors (Lipinski definition) is 5. The highest BCUT2D eigenvalue weighted by molar-refractivity contribution is 7.79. The summed E-state index contributed by atoms with van der Waals surface area (Å²) in [5.41, 5.74) is 1.30. The Morgan fingerprint density at radius 2 is 2.00 bits per heavy atom. The topological polar surface area (TPSA) is 106 Å². The Morgan fingerprint density at radius 3 is 2.61 bits per heavy atom. The molecule has 0 aliphatic heterocycles. The minimum absolute atomic E-state index is 0.153. The predicted octanol–water partition coefficient (Wildman–Crippen LogP) is 4.04. The molecule has 1 aliphatic rings. The molecule has 0 spiro atoms. The average molecular weight is 489 g/mol. The Bertz CT molecular complexity index is 961. The molecule has 2 N–H and O–H groups in total. The molecule has 1 fully saturated rings. The van der Waals surface area contributed by atoms with Gasteiger partial charge in [0.2, 0.25) is 0 Å². The van der Waals surface area contributed by atoms with Gasteiger partial charge < -0.3 is 14.6 Å². The zero-order valence-corrected chi connectivity index (χ0v) is 19.8. The van der Waals surface area contributed by atoms with Gasteiger partial charge in [-0.25, -0.2) is 9.19 Å². The fourth-order valence-corrected chi connectivity index (χ4v) is 5.16. The van der Waals surface area contributed by atoms with Crippen molar-refractivity contribution >= 4 is 40.2 Å². The smallest absolute Gasteiger partial charge is 0.273 e. The molecule has 1 saturated carbocycles. The zero-order chi connectivity index (χ0) is 22.5. The number of rotatable bonds is 8. The van der Waals surface area contributed by atoms with Crippen LogP contribution in [0.2, 0.25) is 10.2 Å². The van der Waals surface area contributed by atoms with E-state index in [2.05, 4.69) is 15.4 Å². The number of amides is 1. The summed E-state index contributed by atoms with van der Waals surface area (Å²) in [5, 5.41) is 7.87. The van der Waals surface area contributed by atoms with Crippen molar-refractivity contribution in [2.24, 2.45) is 11.8 Å². The summed E-state index contributed by atoms with van der Waals surface area (Å²) in [4.78, 5) is 16.9. The van der Waals surface area contributed by atoms with Crippen molar-refractivity contribution in [1.82, 2.24) is 20.1 Å². The van der Waals surface area contributed by atoms with Crippen molar-refractivity contribution in [3.63, 3.8) is 0 Å². The van der Waals surface area contributed by atoms with Crippen LogP contribution < -0.4 is 10.1 Å². The number of carbonyl (C=O) groups excluding carboxylic acids is 1. The largest absolute Gasteiger partial charge is 0.496 e. The van der Waals surface area contributed by atoms with Gasteiger partial charge in [0.05, 0.1) is 29.1 Å². The van der Waals surface area contributed by atoms with Crippen LogP contribution in [0.4, 0.5) is 0 Å². The molecule has 0 bridgehead atoms. The Hall–Kier alpha value is -1.68. The first-order valence-electron chi connectivity index (χ1n) is 10.2. The highest BCUT2D eigenvalue weighted by Gasteiger charge is 2.27. The van der Waals surface area contributed by atoms with Gasteiger partial charge in [-0.1, -0.05) is 23.2 Å². The summed E-state index contributed by atoms with van der Waals surface area (Å²) >= 11 is 10.8. The average Bonchev–Trinajstić information content (AvgIpc) is 3.08. The molecule has 1 atom stereocenters. The second-order valence-electron chi connectivity index (χ2n) is 7.62. The maximum absolute atomic E-state index is 12.8. The molecular formula is C20H26Cl2N4O4S. The lowest BCUT2D eigenvalue weighted by Gasteiger charge is -2.27. The van der Waals surface area contributed by atoms with Crippen molar-refractivity contribution in [2.75, 3.05) is 19.4 Å². The van der Waals surface area contributed by atoms with Crippen molar-refractivity contribution in [3.05, 3.63) is 28.1 Å². The van der Waals surface area contributed by atoms with Crippen molar-refractivity contribution in [3.8, 4) is 17.0 Å². The summed E-state index contributed by atoms with van der Waals surface area (Å²) in [6.45, 7) is 2.93. The van der Waals surface area contributed by atoms with E-state index < -0.39 is 11.1 Å². The first-order chi connectivity index (χ1) is 14.8. The van der Waals surface area contributed by atoms with Crippen molar-refractivity contribution < 1.29 is 18.3 Å². The highest BCUT2D eigenvalue weighted by Crippen LogP contribution is 2.37. The van der Waals surface area contributed by atoms with E-state index in [1.165, 1.54) is 7.11 Å². The molecule has 2 aromatic rings. The van der Waals surface area contributed by atoms with Crippen LogP contribution in [0.3, 0.4) is 0 Å².